The molecule has 2 heterocycles. The Morgan fingerprint density at radius 1 is 1.19 bits per heavy atom. The smallest absolute Gasteiger partial charge is 0.383 e. The number of guanidine groups is 1. The fourth-order valence-electron chi connectivity index (χ4n) is 5.11. The van der Waals surface area contributed by atoms with Gasteiger partial charge in [0.1, 0.15) is 12.5 Å². The van der Waals surface area contributed by atoms with Crippen LogP contribution in [0.4, 0.5) is 30.2 Å². The number of carbonyl (C=O) groups excluding carboxylic acids is 1. The topological polar surface area (TPSA) is 110 Å². The van der Waals surface area contributed by atoms with Crippen molar-refractivity contribution in [1.29, 1.82) is 0 Å². The van der Waals surface area contributed by atoms with Crippen molar-refractivity contribution in [1.82, 2.24) is 9.80 Å². The number of amides is 1. The number of carbonyl (C=O) groups is 1. The molecule has 0 aliphatic carbocycles. The Morgan fingerprint density at radius 2 is 1.94 bits per heavy atom. The fraction of sp³-hybridized carbons (Fsp3) is 0.485. The van der Waals surface area contributed by atoms with Crippen molar-refractivity contribution in [2.24, 2.45) is 20.0 Å². The second-order valence-corrected chi connectivity index (χ2v) is 11.6. The maximum atomic E-state index is 13.8. The molecule has 2 N–H and O–H groups in total. The van der Waals surface area contributed by atoms with E-state index in [0.29, 0.717) is 54.9 Å². The molecule has 0 radical (unpaired) electrons. The van der Waals surface area contributed by atoms with E-state index in [-0.39, 0.29) is 11.7 Å². The minimum Gasteiger partial charge on any atom is -0.383 e. The number of hydrogen-bond donors (Lipinski definition) is 2. The molecule has 2 aromatic rings. The van der Waals surface area contributed by atoms with E-state index in [9.17, 15) is 18.0 Å². The summed E-state index contributed by atoms with van der Waals surface area (Å²) in [4.78, 5) is 37.2. The molecule has 11 nitrogen and oxygen atoms in total. The summed E-state index contributed by atoms with van der Waals surface area (Å²) >= 11 is 0. The molecule has 47 heavy (non-hydrogen) atoms. The van der Waals surface area contributed by atoms with Crippen LogP contribution in [0.15, 0.2) is 56.4 Å². The maximum absolute atomic E-state index is 13.8. The lowest BCUT2D eigenvalue weighted by Gasteiger charge is -2.36. The molecule has 254 valence electrons. The third-order valence-corrected chi connectivity index (χ3v) is 8.07. The summed E-state index contributed by atoms with van der Waals surface area (Å²) in [6.45, 7) is 12.6. The highest BCUT2D eigenvalue weighted by molar-refractivity contribution is 6.37. The largest absolute Gasteiger partial charge is 0.416 e. The Hall–Kier alpha value is -4.30. The Morgan fingerprint density at radius 3 is 2.60 bits per heavy atom. The van der Waals surface area contributed by atoms with Crippen molar-refractivity contribution in [3.05, 3.63) is 53.1 Å². The predicted octanol–water partition coefficient (Wildman–Crippen LogP) is 5.04. The summed E-state index contributed by atoms with van der Waals surface area (Å²) in [5.41, 5.74) is 2.21. The fourth-order valence-corrected chi connectivity index (χ4v) is 5.11. The number of rotatable bonds is 11. The maximum Gasteiger partial charge on any atom is 0.416 e. The van der Waals surface area contributed by atoms with E-state index in [0.717, 1.165) is 37.3 Å². The normalized spacial score (nSPS) is 18.8. The van der Waals surface area contributed by atoms with E-state index in [2.05, 4.69) is 42.4 Å². The number of methoxy groups -OCH3 is 1. The van der Waals surface area contributed by atoms with E-state index in [1.165, 1.54) is 6.34 Å². The Labute approximate surface area is 274 Å². The molecule has 0 spiro atoms. The Kier molecular flexibility index (Phi) is 12.1. The molecule has 2 aromatic carbocycles. The number of benzene rings is 2. The third-order valence-electron chi connectivity index (χ3n) is 8.07. The van der Waals surface area contributed by atoms with Gasteiger partial charge in [0.05, 0.1) is 30.1 Å². The zero-order valence-electron chi connectivity index (χ0n) is 27.8. The molecule has 1 saturated heterocycles. The number of piperazine rings is 1. The van der Waals surface area contributed by atoms with E-state index >= 15 is 0 Å². The van der Waals surface area contributed by atoms with Crippen molar-refractivity contribution in [3.63, 3.8) is 0 Å². The first-order chi connectivity index (χ1) is 22.4. The molecular weight excluding hydrogens is 611 g/mol. The number of nitrogens with one attached hydrogen (secondary N) is 2. The third kappa shape index (κ3) is 9.85. The molecular formula is C33H44F3N9O2. The van der Waals surface area contributed by atoms with Gasteiger partial charge in [0.15, 0.2) is 0 Å². The van der Waals surface area contributed by atoms with Crippen LogP contribution in [0.1, 0.15) is 42.3 Å². The quantitative estimate of drug-likeness (QED) is 0.259. The lowest BCUT2D eigenvalue weighted by Crippen LogP contribution is -2.46. The van der Waals surface area contributed by atoms with Crippen molar-refractivity contribution in [2.75, 3.05) is 75.6 Å². The standard InChI is InChI=1S/C33H44F3N9O2/c1-7-44-10-12-45(13-11-44)28-18-26(33(34,35)36)17-27(19-28)42-31(46)25-9-8-22(2)29(16-25)41-24(4)38-21-39-30-20-37-32(40-23(30)3)43(5)14-15-47-6/h8-9,16-21,23-24,41H,7,10-15H2,1-6H3,(H,42,46). The summed E-state index contributed by atoms with van der Waals surface area (Å²) in [7, 11) is 3.55. The number of aryl methyl sites for hydroxylation is 1. The molecule has 4 rings (SSSR count). The van der Waals surface area contributed by atoms with Crippen molar-refractivity contribution in [2.45, 2.75) is 46.1 Å². The highest BCUT2D eigenvalue weighted by atomic mass is 19.4. The highest BCUT2D eigenvalue weighted by Crippen LogP contribution is 2.35. The number of alkyl halides is 3. The zero-order valence-corrected chi connectivity index (χ0v) is 27.8. The summed E-state index contributed by atoms with van der Waals surface area (Å²) in [5.74, 6) is 0.0916. The number of aliphatic imine (C=N–C) groups is 4. The van der Waals surface area contributed by atoms with Crippen LogP contribution < -0.4 is 15.5 Å². The number of halogens is 3. The lowest BCUT2D eigenvalue weighted by atomic mass is 10.1. The Balaban J connectivity index is 1.42. The SMILES string of the molecule is CCN1CCN(c2cc(NC(=O)c3ccc(C)c(NC(C)N=CN=C4C=NC(N(C)CCOC)=NC4C)c3)cc(C(F)(F)F)c2)CC1. The molecule has 1 fully saturated rings. The van der Waals surface area contributed by atoms with Gasteiger partial charge < -0.3 is 30.1 Å². The second kappa shape index (κ2) is 16.0. The second-order valence-electron chi connectivity index (χ2n) is 11.6. The van der Waals surface area contributed by atoms with Gasteiger partial charge in [-0.2, -0.15) is 13.2 Å². The van der Waals surface area contributed by atoms with E-state index in [1.54, 1.807) is 37.6 Å². The minimum atomic E-state index is -4.55. The molecule has 2 atom stereocenters. The number of anilines is 3. The van der Waals surface area contributed by atoms with E-state index in [1.807, 2.05) is 37.6 Å². The molecule has 0 saturated carbocycles. The number of ether oxygens (including phenoxy) is 1. The van der Waals surface area contributed by atoms with Crippen molar-refractivity contribution < 1.29 is 22.7 Å². The average molecular weight is 656 g/mol. The number of likely N-dealkylation sites (N-methyl/N-ethyl adjacent to an activating group) is 2. The zero-order chi connectivity index (χ0) is 34.1. The molecule has 2 aliphatic rings. The van der Waals surface area contributed by atoms with Gasteiger partial charge in [0.2, 0.25) is 5.96 Å². The number of hydrogen-bond acceptors (Lipinski definition) is 9. The van der Waals surface area contributed by atoms with Crippen molar-refractivity contribution in [3.8, 4) is 0 Å². The Bertz CT molecular complexity index is 1520. The molecule has 0 bridgehead atoms. The van der Waals surface area contributed by atoms with Crippen LogP contribution in [0.2, 0.25) is 0 Å². The first kappa shape index (κ1) is 35.6. The average Bonchev–Trinajstić information content (AvgIpc) is 3.04. The monoisotopic (exact) mass is 655 g/mol. The van der Waals surface area contributed by atoms with Crippen LogP contribution in [0, 0.1) is 6.92 Å². The van der Waals surface area contributed by atoms with Gasteiger partial charge in [0, 0.05) is 69.5 Å². The van der Waals surface area contributed by atoms with Gasteiger partial charge in [-0.25, -0.2) is 20.0 Å². The van der Waals surface area contributed by atoms with Crippen LogP contribution in [0.5, 0.6) is 0 Å². The van der Waals surface area contributed by atoms with Gasteiger partial charge >= 0.3 is 6.18 Å². The molecule has 2 aliphatic heterocycles. The van der Waals surface area contributed by atoms with Crippen molar-refractivity contribution >= 4 is 47.2 Å². The molecule has 0 aromatic heterocycles. The van der Waals surface area contributed by atoms with Crippen LogP contribution >= 0.6 is 0 Å². The van der Waals surface area contributed by atoms with Crippen LogP contribution in [-0.2, 0) is 10.9 Å². The van der Waals surface area contributed by atoms with Crippen LogP contribution in [-0.4, -0.2) is 112 Å². The van der Waals surface area contributed by atoms with Gasteiger partial charge in [-0.3, -0.25) is 4.79 Å². The minimum absolute atomic E-state index is 0.0865. The first-order valence-electron chi connectivity index (χ1n) is 15.7. The summed E-state index contributed by atoms with van der Waals surface area (Å²) < 4.78 is 46.6. The predicted molar refractivity (Wildman–Crippen MR) is 184 cm³/mol. The number of nitrogens with zero attached hydrogens (tertiary/aromatic N) is 7. The van der Waals surface area contributed by atoms with E-state index < -0.39 is 23.8 Å². The van der Waals surface area contributed by atoms with Gasteiger partial charge in [-0.15, -0.1) is 0 Å². The van der Waals surface area contributed by atoms with Gasteiger partial charge in [-0.1, -0.05) is 13.0 Å². The highest BCUT2D eigenvalue weighted by Gasteiger charge is 2.32. The molecule has 2 unspecified atom stereocenters. The van der Waals surface area contributed by atoms with Gasteiger partial charge in [-0.05, 0) is 63.2 Å². The van der Waals surface area contributed by atoms with Crippen LogP contribution in [0.3, 0.4) is 0 Å². The first-order valence-corrected chi connectivity index (χ1v) is 15.7. The summed E-state index contributed by atoms with van der Waals surface area (Å²) in [6, 6.07) is 8.60. The summed E-state index contributed by atoms with van der Waals surface area (Å²) in [6.07, 6.45) is -1.83. The summed E-state index contributed by atoms with van der Waals surface area (Å²) in [5, 5.41) is 5.94. The van der Waals surface area contributed by atoms with E-state index in [4.69, 9.17) is 4.74 Å². The van der Waals surface area contributed by atoms with Gasteiger partial charge in [0.25, 0.3) is 5.91 Å². The molecule has 1 amide bonds. The molecule has 14 heteroatoms. The lowest BCUT2D eigenvalue weighted by molar-refractivity contribution is -0.137. The van der Waals surface area contributed by atoms with Crippen LogP contribution in [0.25, 0.3) is 0 Å².